The fraction of sp³-hybridized carbons (Fsp3) is 0.222. The minimum atomic E-state index is -3.71. The van der Waals surface area contributed by atoms with Gasteiger partial charge in [0.05, 0.1) is 5.69 Å². The molecule has 0 aliphatic heterocycles. The fourth-order valence-electron chi connectivity index (χ4n) is 1.06. The highest BCUT2D eigenvalue weighted by Crippen LogP contribution is 2.18. The number of nitrogens with one attached hydrogen (secondary N) is 2. The molecule has 1 rings (SSSR count). The van der Waals surface area contributed by atoms with Gasteiger partial charge in [-0.2, -0.15) is 12.7 Å². The summed E-state index contributed by atoms with van der Waals surface area (Å²) >= 11 is 0. The third-order valence-electron chi connectivity index (χ3n) is 1.99. The Bertz CT molecular complexity index is 542. The first-order valence-corrected chi connectivity index (χ1v) is 6.02. The van der Waals surface area contributed by atoms with Crippen LogP contribution in [0.2, 0.25) is 0 Å². The van der Waals surface area contributed by atoms with Crippen LogP contribution in [-0.2, 0) is 10.2 Å². The fourth-order valence-corrected chi connectivity index (χ4v) is 1.70. The van der Waals surface area contributed by atoms with Gasteiger partial charge in [-0.15, -0.1) is 0 Å². The highest BCUT2D eigenvalue weighted by molar-refractivity contribution is 7.90. The smallest absolute Gasteiger partial charge is 0.301 e. The standard InChI is InChI=1S/C9H13FN4O2S/c1-14(2)17(15,16)13-8-4-3-6(10)5-7(8)9(11)12/h3-5,13H,1-2H3,(H3,11,12). The number of halogens is 1. The summed E-state index contributed by atoms with van der Waals surface area (Å²) in [4.78, 5) is 0. The van der Waals surface area contributed by atoms with Crippen LogP contribution >= 0.6 is 0 Å². The largest absolute Gasteiger partial charge is 0.384 e. The van der Waals surface area contributed by atoms with Crippen molar-refractivity contribution in [3.05, 3.63) is 29.6 Å². The van der Waals surface area contributed by atoms with E-state index < -0.39 is 21.9 Å². The van der Waals surface area contributed by atoms with Crippen molar-refractivity contribution in [2.45, 2.75) is 0 Å². The summed E-state index contributed by atoms with van der Waals surface area (Å²) < 4.78 is 39.3. The number of hydrogen-bond acceptors (Lipinski definition) is 3. The van der Waals surface area contributed by atoms with E-state index in [0.717, 1.165) is 16.4 Å². The summed E-state index contributed by atoms with van der Waals surface area (Å²) in [6.45, 7) is 0. The molecule has 6 nitrogen and oxygen atoms in total. The zero-order valence-electron chi connectivity index (χ0n) is 9.36. The van der Waals surface area contributed by atoms with Gasteiger partial charge in [0.1, 0.15) is 11.7 Å². The third kappa shape index (κ3) is 3.14. The first-order chi connectivity index (χ1) is 7.74. The topological polar surface area (TPSA) is 99.3 Å². The molecule has 0 fully saturated rings. The van der Waals surface area contributed by atoms with Gasteiger partial charge in [0, 0.05) is 19.7 Å². The van der Waals surface area contributed by atoms with Crippen LogP contribution < -0.4 is 10.5 Å². The number of benzene rings is 1. The van der Waals surface area contributed by atoms with E-state index in [2.05, 4.69) is 4.72 Å². The van der Waals surface area contributed by atoms with Gasteiger partial charge < -0.3 is 5.73 Å². The van der Waals surface area contributed by atoms with E-state index in [4.69, 9.17) is 11.1 Å². The number of rotatable bonds is 4. The Morgan fingerprint density at radius 2 is 2.06 bits per heavy atom. The molecule has 0 atom stereocenters. The molecule has 0 amide bonds. The molecule has 8 heteroatoms. The van der Waals surface area contributed by atoms with Crippen LogP contribution in [0.4, 0.5) is 10.1 Å². The summed E-state index contributed by atoms with van der Waals surface area (Å²) in [6.07, 6.45) is 0. The predicted molar refractivity (Wildman–Crippen MR) is 63.6 cm³/mol. The van der Waals surface area contributed by atoms with Gasteiger partial charge in [-0.3, -0.25) is 10.1 Å². The van der Waals surface area contributed by atoms with Crippen molar-refractivity contribution >= 4 is 21.7 Å². The first-order valence-electron chi connectivity index (χ1n) is 4.58. The molecule has 0 aromatic heterocycles. The average Bonchev–Trinajstić information content (AvgIpc) is 2.19. The summed E-state index contributed by atoms with van der Waals surface area (Å²) in [5.41, 5.74) is 5.30. The SMILES string of the molecule is CN(C)S(=O)(=O)Nc1ccc(F)cc1C(=N)N. The lowest BCUT2D eigenvalue weighted by Crippen LogP contribution is -2.30. The molecule has 1 aromatic carbocycles. The Morgan fingerprint density at radius 3 is 2.53 bits per heavy atom. The van der Waals surface area contributed by atoms with Gasteiger partial charge in [0.15, 0.2) is 0 Å². The van der Waals surface area contributed by atoms with Crippen LogP contribution in [-0.4, -0.2) is 32.7 Å². The van der Waals surface area contributed by atoms with Gasteiger partial charge in [-0.25, -0.2) is 4.39 Å². The Hall–Kier alpha value is -1.67. The van der Waals surface area contributed by atoms with E-state index in [1.165, 1.54) is 20.2 Å². The van der Waals surface area contributed by atoms with Crippen molar-refractivity contribution in [3.8, 4) is 0 Å². The minimum Gasteiger partial charge on any atom is -0.384 e. The predicted octanol–water partition coefficient (Wildman–Crippen LogP) is 0.328. The average molecular weight is 260 g/mol. The normalized spacial score (nSPS) is 11.5. The summed E-state index contributed by atoms with van der Waals surface area (Å²) in [6, 6.07) is 3.29. The molecule has 0 saturated carbocycles. The van der Waals surface area contributed by atoms with Crippen LogP contribution in [0.1, 0.15) is 5.56 Å². The van der Waals surface area contributed by atoms with Gasteiger partial charge in [0.2, 0.25) is 0 Å². The van der Waals surface area contributed by atoms with Crippen molar-refractivity contribution in [2.24, 2.45) is 5.73 Å². The quantitative estimate of drug-likeness (QED) is 0.537. The maximum absolute atomic E-state index is 13.0. The van der Waals surface area contributed by atoms with E-state index in [9.17, 15) is 12.8 Å². The first kappa shape index (κ1) is 13.4. The van der Waals surface area contributed by atoms with Crippen molar-refractivity contribution in [1.29, 1.82) is 5.41 Å². The van der Waals surface area contributed by atoms with E-state index in [0.29, 0.717) is 0 Å². The lowest BCUT2D eigenvalue weighted by Gasteiger charge is -2.15. The van der Waals surface area contributed by atoms with Gasteiger partial charge in [-0.1, -0.05) is 0 Å². The zero-order valence-corrected chi connectivity index (χ0v) is 10.2. The molecule has 0 aliphatic carbocycles. The van der Waals surface area contributed by atoms with Crippen molar-refractivity contribution in [3.63, 3.8) is 0 Å². The molecule has 0 unspecified atom stereocenters. The second-order valence-electron chi connectivity index (χ2n) is 3.49. The number of nitrogen functional groups attached to an aromatic ring is 1. The molecule has 0 aliphatic rings. The minimum absolute atomic E-state index is 0.00424. The number of amidine groups is 1. The molecule has 0 radical (unpaired) electrons. The van der Waals surface area contributed by atoms with E-state index >= 15 is 0 Å². The molecule has 4 N–H and O–H groups in total. The second-order valence-corrected chi connectivity index (χ2v) is 5.38. The monoisotopic (exact) mass is 260 g/mol. The molecule has 94 valence electrons. The maximum atomic E-state index is 13.0. The number of anilines is 1. The Labute approximate surface area is 98.9 Å². The number of hydrogen-bond donors (Lipinski definition) is 3. The molecule has 0 heterocycles. The van der Waals surface area contributed by atoms with E-state index in [-0.39, 0.29) is 11.3 Å². The van der Waals surface area contributed by atoms with E-state index in [1.807, 2.05) is 0 Å². The van der Waals surface area contributed by atoms with Gasteiger partial charge in [-0.05, 0) is 18.2 Å². The van der Waals surface area contributed by atoms with Crippen LogP contribution in [0.15, 0.2) is 18.2 Å². The molecule has 0 spiro atoms. The molecule has 17 heavy (non-hydrogen) atoms. The Morgan fingerprint density at radius 1 is 1.47 bits per heavy atom. The molecule has 0 bridgehead atoms. The Balaban J connectivity index is 3.20. The van der Waals surface area contributed by atoms with Crippen molar-refractivity contribution < 1.29 is 12.8 Å². The molecular formula is C9H13FN4O2S. The Kier molecular flexibility index (Phi) is 3.69. The molecular weight excluding hydrogens is 247 g/mol. The number of nitrogens with zero attached hydrogens (tertiary/aromatic N) is 1. The maximum Gasteiger partial charge on any atom is 0.301 e. The highest BCUT2D eigenvalue weighted by Gasteiger charge is 2.16. The van der Waals surface area contributed by atoms with E-state index in [1.54, 1.807) is 0 Å². The summed E-state index contributed by atoms with van der Waals surface area (Å²) in [5.74, 6) is -1.01. The van der Waals surface area contributed by atoms with Gasteiger partial charge >= 0.3 is 10.2 Å². The second kappa shape index (κ2) is 4.68. The molecule has 1 aromatic rings. The zero-order chi connectivity index (χ0) is 13.2. The van der Waals surface area contributed by atoms with Crippen LogP contribution in [0.25, 0.3) is 0 Å². The van der Waals surface area contributed by atoms with Crippen LogP contribution in [0.5, 0.6) is 0 Å². The summed E-state index contributed by atoms with van der Waals surface area (Å²) in [5, 5.41) is 7.25. The highest BCUT2D eigenvalue weighted by atomic mass is 32.2. The van der Waals surface area contributed by atoms with Crippen LogP contribution in [0, 0.1) is 11.2 Å². The number of nitrogens with two attached hydrogens (primary N) is 1. The summed E-state index contributed by atoms with van der Waals surface area (Å²) in [7, 11) is -1.02. The van der Waals surface area contributed by atoms with Crippen molar-refractivity contribution in [1.82, 2.24) is 4.31 Å². The van der Waals surface area contributed by atoms with Gasteiger partial charge in [0.25, 0.3) is 0 Å². The van der Waals surface area contributed by atoms with Crippen molar-refractivity contribution in [2.75, 3.05) is 18.8 Å². The third-order valence-corrected chi connectivity index (χ3v) is 3.43. The van der Waals surface area contributed by atoms with Crippen LogP contribution in [0.3, 0.4) is 0 Å². The lowest BCUT2D eigenvalue weighted by molar-refractivity contribution is 0.526. The molecule has 0 saturated heterocycles. The lowest BCUT2D eigenvalue weighted by atomic mass is 10.1.